The first-order valence-corrected chi connectivity index (χ1v) is 7.46. The van der Waals surface area contributed by atoms with Crippen molar-refractivity contribution in [1.29, 1.82) is 0 Å². The molecule has 1 aliphatic carbocycles. The largest absolute Gasteiger partial charge is 0.307 e. The molecule has 1 nitrogen and oxygen atoms in total. The highest BCUT2D eigenvalue weighted by molar-refractivity contribution is 9.10. The first-order valence-electron chi connectivity index (χ1n) is 6.66. The summed E-state index contributed by atoms with van der Waals surface area (Å²) >= 11 is 3.48. The molecule has 2 heteroatoms. The van der Waals surface area contributed by atoms with E-state index in [0.29, 0.717) is 12.1 Å². The Morgan fingerprint density at radius 2 is 1.71 bits per heavy atom. The minimum absolute atomic E-state index is 0.460. The molecule has 2 rings (SSSR count). The molecule has 0 unspecified atom stereocenters. The van der Waals surface area contributed by atoms with Crippen LogP contribution in [0.1, 0.15) is 51.1 Å². The molecule has 1 aliphatic rings. The molecule has 1 saturated carbocycles. The average Bonchev–Trinajstić information content (AvgIpc) is 2.33. The molecular weight excluding hydrogens is 274 g/mol. The number of hydrogen-bond donors (Lipinski definition) is 1. The van der Waals surface area contributed by atoms with Gasteiger partial charge in [-0.15, -0.1) is 0 Å². The molecule has 17 heavy (non-hydrogen) atoms. The Balaban J connectivity index is 1.88. The predicted molar refractivity (Wildman–Crippen MR) is 77.1 cm³/mol. The summed E-state index contributed by atoms with van der Waals surface area (Å²) in [4.78, 5) is 0. The van der Waals surface area contributed by atoms with Crippen LogP contribution in [0.15, 0.2) is 28.7 Å². The number of hydrogen-bond acceptors (Lipinski definition) is 1. The Morgan fingerprint density at radius 1 is 1.12 bits per heavy atom. The van der Waals surface area contributed by atoms with Crippen LogP contribution in [-0.4, -0.2) is 6.04 Å². The summed E-state index contributed by atoms with van der Waals surface area (Å²) in [7, 11) is 0. The molecule has 1 fully saturated rings. The highest BCUT2D eigenvalue weighted by Gasteiger charge is 2.19. The van der Waals surface area contributed by atoms with E-state index in [0.717, 1.165) is 10.4 Å². The molecule has 1 N–H and O–H groups in total. The predicted octanol–water partition coefficient (Wildman–Crippen LogP) is 4.68. The summed E-state index contributed by atoms with van der Waals surface area (Å²) in [6.45, 7) is 4.63. The van der Waals surface area contributed by atoms with E-state index >= 15 is 0 Å². The fourth-order valence-corrected chi connectivity index (χ4v) is 2.89. The Morgan fingerprint density at radius 3 is 2.29 bits per heavy atom. The first kappa shape index (κ1) is 13.1. The molecule has 0 amide bonds. The molecule has 0 spiro atoms. The van der Waals surface area contributed by atoms with Gasteiger partial charge in [-0.1, -0.05) is 35.0 Å². The van der Waals surface area contributed by atoms with E-state index in [1.54, 1.807) is 0 Å². The normalized spacial score (nSPS) is 26.8. The van der Waals surface area contributed by atoms with Crippen LogP contribution in [0.4, 0.5) is 0 Å². The second-order valence-electron chi connectivity index (χ2n) is 5.40. The van der Waals surface area contributed by atoms with Crippen molar-refractivity contribution >= 4 is 15.9 Å². The lowest BCUT2D eigenvalue weighted by atomic mass is 9.87. The van der Waals surface area contributed by atoms with Crippen LogP contribution < -0.4 is 5.32 Å². The summed E-state index contributed by atoms with van der Waals surface area (Å²) in [6, 6.07) is 9.82. The van der Waals surface area contributed by atoms with Gasteiger partial charge < -0.3 is 5.32 Å². The third-order valence-corrected chi connectivity index (χ3v) is 4.40. The van der Waals surface area contributed by atoms with Crippen LogP contribution in [0, 0.1) is 5.92 Å². The van der Waals surface area contributed by atoms with E-state index < -0.39 is 0 Å². The van der Waals surface area contributed by atoms with Gasteiger partial charge in [0.25, 0.3) is 0 Å². The molecule has 0 bridgehead atoms. The van der Waals surface area contributed by atoms with Gasteiger partial charge in [0.2, 0.25) is 0 Å². The van der Waals surface area contributed by atoms with Gasteiger partial charge in [0.1, 0.15) is 0 Å². The molecule has 0 radical (unpaired) electrons. The molecule has 1 atom stereocenters. The summed E-state index contributed by atoms with van der Waals surface area (Å²) in [5.41, 5.74) is 1.38. The Kier molecular flexibility index (Phi) is 4.63. The zero-order valence-corrected chi connectivity index (χ0v) is 12.3. The van der Waals surface area contributed by atoms with Crippen molar-refractivity contribution in [2.24, 2.45) is 5.92 Å². The van der Waals surface area contributed by atoms with Crippen molar-refractivity contribution in [2.75, 3.05) is 0 Å². The lowest BCUT2D eigenvalue weighted by molar-refractivity contribution is 0.292. The van der Waals surface area contributed by atoms with Gasteiger partial charge >= 0.3 is 0 Å². The van der Waals surface area contributed by atoms with E-state index in [-0.39, 0.29) is 0 Å². The molecule has 1 aromatic carbocycles. The summed E-state index contributed by atoms with van der Waals surface area (Å²) in [5.74, 6) is 0.927. The highest BCUT2D eigenvalue weighted by Crippen LogP contribution is 2.25. The lowest BCUT2D eigenvalue weighted by Gasteiger charge is -2.29. The smallest absolute Gasteiger partial charge is 0.0294 e. The van der Waals surface area contributed by atoms with E-state index in [4.69, 9.17) is 0 Å². The zero-order valence-electron chi connectivity index (χ0n) is 10.7. The number of halogens is 1. The standard InChI is InChI=1S/C15H22BrN/c1-11-3-9-15(10-4-11)17-12(2)13-5-7-14(16)8-6-13/h5-8,11-12,15,17H,3-4,9-10H2,1-2H3/t11?,12-,15?/m0/s1. The van der Waals surface area contributed by atoms with E-state index in [1.165, 1.54) is 31.2 Å². The van der Waals surface area contributed by atoms with Crippen molar-refractivity contribution in [3.63, 3.8) is 0 Å². The second-order valence-corrected chi connectivity index (χ2v) is 6.31. The van der Waals surface area contributed by atoms with Gasteiger partial charge in [-0.2, -0.15) is 0 Å². The number of nitrogens with one attached hydrogen (secondary N) is 1. The van der Waals surface area contributed by atoms with Crippen molar-refractivity contribution < 1.29 is 0 Å². The van der Waals surface area contributed by atoms with Gasteiger partial charge in [-0.05, 0) is 56.2 Å². The maximum Gasteiger partial charge on any atom is 0.0294 e. The van der Waals surface area contributed by atoms with Crippen LogP contribution in [0.2, 0.25) is 0 Å². The monoisotopic (exact) mass is 295 g/mol. The van der Waals surface area contributed by atoms with E-state index in [1.807, 2.05) is 0 Å². The average molecular weight is 296 g/mol. The molecule has 0 heterocycles. The SMILES string of the molecule is CC1CCC(N[C@@H](C)c2ccc(Br)cc2)CC1. The first-order chi connectivity index (χ1) is 8.15. The quantitative estimate of drug-likeness (QED) is 0.854. The fourth-order valence-electron chi connectivity index (χ4n) is 2.63. The minimum Gasteiger partial charge on any atom is -0.307 e. The molecular formula is C15H22BrN. The van der Waals surface area contributed by atoms with Crippen LogP contribution in [0.3, 0.4) is 0 Å². The van der Waals surface area contributed by atoms with Gasteiger partial charge in [0, 0.05) is 16.6 Å². The molecule has 0 aliphatic heterocycles. The van der Waals surface area contributed by atoms with Crippen molar-refractivity contribution in [3.8, 4) is 0 Å². The topological polar surface area (TPSA) is 12.0 Å². The second kappa shape index (κ2) is 6.01. The van der Waals surface area contributed by atoms with E-state index in [9.17, 15) is 0 Å². The van der Waals surface area contributed by atoms with Crippen LogP contribution >= 0.6 is 15.9 Å². The molecule has 1 aromatic rings. The maximum atomic E-state index is 3.76. The third kappa shape index (κ3) is 3.82. The summed E-state index contributed by atoms with van der Waals surface area (Å²) in [5, 5.41) is 3.76. The minimum atomic E-state index is 0.460. The van der Waals surface area contributed by atoms with Crippen molar-refractivity contribution in [3.05, 3.63) is 34.3 Å². The fraction of sp³-hybridized carbons (Fsp3) is 0.600. The molecule has 0 saturated heterocycles. The highest BCUT2D eigenvalue weighted by atomic mass is 79.9. The number of benzene rings is 1. The van der Waals surface area contributed by atoms with Crippen LogP contribution in [0.25, 0.3) is 0 Å². The molecule has 94 valence electrons. The summed E-state index contributed by atoms with van der Waals surface area (Å²) < 4.78 is 1.15. The Bertz CT molecular complexity index is 338. The van der Waals surface area contributed by atoms with Crippen LogP contribution in [0.5, 0.6) is 0 Å². The van der Waals surface area contributed by atoms with Crippen molar-refractivity contribution in [1.82, 2.24) is 5.32 Å². The maximum absolute atomic E-state index is 3.76. The van der Waals surface area contributed by atoms with Gasteiger partial charge in [-0.25, -0.2) is 0 Å². The Labute approximate surface area is 113 Å². The Hall–Kier alpha value is -0.340. The van der Waals surface area contributed by atoms with Gasteiger partial charge in [-0.3, -0.25) is 0 Å². The van der Waals surface area contributed by atoms with Crippen LogP contribution in [-0.2, 0) is 0 Å². The van der Waals surface area contributed by atoms with Crippen molar-refractivity contribution in [2.45, 2.75) is 51.6 Å². The van der Waals surface area contributed by atoms with Gasteiger partial charge in [0.15, 0.2) is 0 Å². The third-order valence-electron chi connectivity index (χ3n) is 3.87. The lowest BCUT2D eigenvalue weighted by Crippen LogP contribution is -2.34. The van der Waals surface area contributed by atoms with Gasteiger partial charge in [0.05, 0.1) is 0 Å². The number of rotatable bonds is 3. The zero-order chi connectivity index (χ0) is 12.3. The van der Waals surface area contributed by atoms with E-state index in [2.05, 4.69) is 59.4 Å². The molecule has 0 aromatic heterocycles. The summed E-state index contributed by atoms with van der Waals surface area (Å²) in [6.07, 6.45) is 5.43.